The van der Waals surface area contributed by atoms with Gasteiger partial charge in [0, 0.05) is 6.04 Å². The van der Waals surface area contributed by atoms with Gasteiger partial charge in [-0.15, -0.1) is 12.4 Å². The van der Waals surface area contributed by atoms with Crippen molar-refractivity contribution in [2.75, 3.05) is 0 Å². The van der Waals surface area contributed by atoms with Gasteiger partial charge in [0.2, 0.25) is 0 Å². The molecule has 2 aromatic carbocycles. The van der Waals surface area contributed by atoms with Gasteiger partial charge in [0.15, 0.2) is 0 Å². The predicted molar refractivity (Wildman–Crippen MR) is 75.8 cm³/mol. The van der Waals surface area contributed by atoms with Gasteiger partial charge < -0.3 is 5.73 Å². The van der Waals surface area contributed by atoms with E-state index in [1.54, 1.807) is 6.07 Å². The van der Waals surface area contributed by atoms with Crippen molar-refractivity contribution in [3.05, 3.63) is 71.3 Å². The van der Waals surface area contributed by atoms with Crippen LogP contribution in [-0.4, -0.2) is 0 Å². The highest BCUT2D eigenvalue weighted by Gasteiger charge is 2.33. The number of halogens is 4. The van der Waals surface area contributed by atoms with Crippen molar-refractivity contribution < 1.29 is 13.2 Å². The maximum Gasteiger partial charge on any atom is 0.416 e. The summed E-state index contributed by atoms with van der Waals surface area (Å²) in [5.74, 6) is 0. The van der Waals surface area contributed by atoms with Crippen LogP contribution < -0.4 is 5.73 Å². The van der Waals surface area contributed by atoms with E-state index in [0.717, 1.165) is 11.6 Å². The summed E-state index contributed by atoms with van der Waals surface area (Å²) < 4.78 is 38.6. The van der Waals surface area contributed by atoms with Crippen molar-refractivity contribution in [2.45, 2.75) is 18.6 Å². The molecule has 2 N–H and O–H groups in total. The molecular formula is C15H15ClF3N. The summed E-state index contributed by atoms with van der Waals surface area (Å²) in [5.41, 5.74) is 6.42. The summed E-state index contributed by atoms with van der Waals surface area (Å²) in [6, 6.07) is 14.3. The molecule has 0 amide bonds. The van der Waals surface area contributed by atoms with Crippen LogP contribution in [0.2, 0.25) is 0 Å². The van der Waals surface area contributed by atoms with E-state index < -0.39 is 17.8 Å². The number of hydrogen-bond acceptors (Lipinski definition) is 1. The lowest BCUT2D eigenvalue weighted by Crippen LogP contribution is -2.17. The van der Waals surface area contributed by atoms with Crippen LogP contribution in [0.1, 0.15) is 22.7 Å². The Labute approximate surface area is 122 Å². The van der Waals surface area contributed by atoms with Gasteiger partial charge in [0.05, 0.1) is 5.56 Å². The third-order valence-electron chi connectivity index (χ3n) is 2.99. The molecule has 0 aliphatic rings. The van der Waals surface area contributed by atoms with Gasteiger partial charge in [-0.25, -0.2) is 0 Å². The highest BCUT2D eigenvalue weighted by Crippen LogP contribution is 2.33. The monoisotopic (exact) mass is 301 g/mol. The van der Waals surface area contributed by atoms with Gasteiger partial charge in [0.25, 0.3) is 0 Å². The van der Waals surface area contributed by atoms with Crippen molar-refractivity contribution in [2.24, 2.45) is 5.73 Å². The third-order valence-corrected chi connectivity index (χ3v) is 2.99. The molecule has 5 heteroatoms. The van der Waals surface area contributed by atoms with E-state index in [1.165, 1.54) is 12.1 Å². The van der Waals surface area contributed by atoms with Gasteiger partial charge >= 0.3 is 6.18 Å². The average molecular weight is 302 g/mol. The normalized spacial score (nSPS) is 12.6. The summed E-state index contributed by atoms with van der Waals surface area (Å²) in [6.45, 7) is 0. The zero-order chi connectivity index (χ0) is 13.9. The van der Waals surface area contributed by atoms with E-state index in [4.69, 9.17) is 5.73 Å². The van der Waals surface area contributed by atoms with Crippen LogP contribution in [0.5, 0.6) is 0 Å². The molecular weight excluding hydrogens is 287 g/mol. The maximum atomic E-state index is 12.9. The number of nitrogens with two attached hydrogens (primary N) is 1. The number of hydrogen-bond donors (Lipinski definition) is 1. The van der Waals surface area contributed by atoms with Crippen LogP contribution in [-0.2, 0) is 12.6 Å². The molecule has 108 valence electrons. The summed E-state index contributed by atoms with van der Waals surface area (Å²) in [6.07, 6.45) is -4.17. The fourth-order valence-corrected chi connectivity index (χ4v) is 2.03. The minimum absolute atomic E-state index is 0. The molecule has 0 aromatic heterocycles. The largest absolute Gasteiger partial charge is 0.416 e. The molecule has 1 unspecified atom stereocenters. The molecule has 0 spiro atoms. The number of rotatable bonds is 3. The molecule has 0 fully saturated rings. The smallest absolute Gasteiger partial charge is 0.324 e. The van der Waals surface area contributed by atoms with E-state index >= 15 is 0 Å². The lowest BCUT2D eigenvalue weighted by Gasteiger charge is -2.16. The van der Waals surface area contributed by atoms with E-state index in [-0.39, 0.29) is 24.4 Å². The fraction of sp³-hybridized carbons (Fsp3) is 0.200. The lowest BCUT2D eigenvalue weighted by molar-refractivity contribution is -0.138. The van der Waals surface area contributed by atoms with Crippen LogP contribution in [0.3, 0.4) is 0 Å². The quantitative estimate of drug-likeness (QED) is 0.895. The standard InChI is InChI=1S/C15H14F3N.ClH/c16-15(17,18)13-9-5-4-8-12(13)10-14(19)11-6-2-1-3-7-11;/h1-9,14H,10,19H2;1H. The lowest BCUT2D eigenvalue weighted by atomic mass is 9.96. The van der Waals surface area contributed by atoms with E-state index in [1.807, 2.05) is 30.3 Å². The van der Waals surface area contributed by atoms with Crippen LogP contribution in [0, 0.1) is 0 Å². The van der Waals surface area contributed by atoms with Crippen molar-refractivity contribution in [3.63, 3.8) is 0 Å². The summed E-state index contributed by atoms with van der Waals surface area (Å²) in [4.78, 5) is 0. The molecule has 0 saturated heterocycles. The minimum Gasteiger partial charge on any atom is -0.324 e. The molecule has 0 heterocycles. The van der Waals surface area contributed by atoms with Crippen molar-refractivity contribution in [3.8, 4) is 0 Å². The van der Waals surface area contributed by atoms with Crippen LogP contribution in [0.4, 0.5) is 13.2 Å². The zero-order valence-corrected chi connectivity index (χ0v) is 11.4. The molecule has 0 aliphatic heterocycles. The Morgan fingerprint density at radius 3 is 2.05 bits per heavy atom. The van der Waals surface area contributed by atoms with Gasteiger partial charge in [-0.1, -0.05) is 48.5 Å². The zero-order valence-electron chi connectivity index (χ0n) is 10.6. The van der Waals surface area contributed by atoms with Gasteiger partial charge in [-0.2, -0.15) is 13.2 Å². The molecule has 0 radical (unpaired) electrons. The second kappa shape index (κ2) is 6.77. The Kier molecular flexibility index (Phi) is 5.60. The molecule has 1 nitrogen and oxygen atoms in total. The van der Waals surface area contributed by atoms with Crippen LogP contribution >= 0.6 is 12.4 Å². The predicted octanol–water partition coefficient (Wildman–Crippen LogP) is 4.37. The Morgan fingerprint density at radius 1 is 0.900 bits per heavy atom. The third kappa shape index (κ3) is 3.99. The number of benzene rings is 2. The first kappa shape index (κ1) is 16.5. The van der Waals surface area contributed by atoms with Gasteiger partial charge in [0.1, 0.15) is 0 Å². The second-order valence-corrected chi connectivity index (χ2v) is 4.38. The summed E-state index contributed by atoms with van der Waals surface area (Å²) in [7, 11) is 0. The Hall–Kier alpha value is -1.52. The Morgan fingerprint density at radius 2 is 1.45 bits per heavy atom. The van der Waals surface area contributed by atoms with Crippen LogP contribution in [0.25, 0.3) is 0 Å². The molecule has 2 aromatic rings. The van der Waals surface area contributed by atoms with Crippen molar-refractivity contribution in [1.82, 2.24) is 0 Å². The number of alkyl halides is 3. The first-order chi connectivity index (χ1) is 8.98. The molecule has 0 bridgehead atoms. The minimum atomic E-state index is -4.34. The average Bonchev–Trinajstić information content (AvgIpc) is 2.39. The first-order valence-electron chi connectivity index (χ1n) is 5.94. The molecule has 2 rings (SSSR count). The van der Waals surface area contributed by atoms with Crippen molar-refractivity contribution >= 4 is 12.4 Å². The molecule has 0 saturated carbocycles. The molecule has 20 heavy (non-hydrogen) atoms. The van der Waals surface area contributed by atoms with E-state index in [0.29, 0.717) is 0 Å². The fourth-order valence-electron chi connectivity index (χ4n) is 2.03. The Balaban J connectivity index is 0.00000200. The van der Waals surface area contributed by atoms with Crippen LogP contribution in [0.15, 0.2) is 54.6 Å². The first-order valence-corrected chi connectivity index (χ1v) is 5.94. The topological polar surface area (TPSA) is 26.0 Å². The highest BCUT2D eigenvalue weighted by molar-refractivity contribution is 5.85. The highest BCUT2D eigenvalue weighted by atomic mass is 35.5. The van der Waals surface area contributed by atoms with Gasteiger partial charge in [-0.05, 0) is 23.6 Å². The summed E-state index contributed by atoms with van der Waals surface area (Å²) in [5, 5.41) is 0. The SMILES string of the molecule is Cl.NC(Cc1ccccc1C(F)(F)F)c1ccccc1. The van der Waals surface area contributed by atoms with E-state index in [9.17, 15) is 13.2 Å². The van der Waals surface area contributed by atoms with Crippen molar-refractivity contribution in [1.29, 1.82) is 0 Å². The van der Waals surface area contributed by atoms with E-state index in [2.05, 4.69) is 0 Å². The maximum absolute atomic E-state index is 12.9. The molecule has 1 atom stereocenters. The summed E-state index contributed by atoms with van der Waals surface area (Å²) >= 11 is 0. The van der Waals surface area contributed by atoms with Gasteiger partial charge in [-0.3, -0.25) is 0 Å². The molecule has 0 aliphatic carbocycles. The Bertz CT molecular complexity index is 540. The second-order valence-electron chi connectivity index (χ2n) is 4.38.